The summed E-state index contributed by atoms with van der Waals surface area (Å²) in [6.07, 6.45) is 5.38. The lowest BCUT2D eigenvalue weighted by Gasteiger charge is -2.24. The first-order valence-corrected chi connectivity index (χ1v) is 7.61. The highest BCUT2D eigenvalue weighted by atomic mass is 16.5. The van der Waals surface area contributed by atoms with Gasteiger partial charge in [-0.1, -0.05) is 19.8 Å². The second-order valence-corrected chi connectivity index (χ2v) is 6.15. The first-order valence-electron chi connectivity index (χ1n) is 7.61. The van der Waals surface area contributed by atoms with Crippen molar-refractivity contribution in [2.24, 2.45) is 5.41 Å². The highest BCUT2D eigenvalue weighted by Gasteiger charge is 2.27. The van der Waals surface area contributed by atoms with E-state index in [1.54, 1.807) is 21.3 Å². The third-order valence-electron chi connectivity index (χ3n) is 4.42. The summed E-state index contributed by atoms with van der Waals surface area (Å²) < 4.78 is 16.1. The molecule has 0 atom stereocenters. The Morgan fingerprint density at radius 2 is 1.57 bits per heavy atom. The van der Waals surface area contributed by atoms with E-state index in [-0.39, 0.29) is 0 Å². The summed E-state index contributed by atoms with van der Waals surface area (Å²) in [7, 11) is 4.92. The number of nitrogens with one attached hydrogen (secondary N) is 1. The van der Waals surface area contributed by atoms with E-state index < -0.39 is 0 Å². The van der Waals surface area contributed by atoms with Crippen LogP contribution in [0.2, 0.25) is 0 Å². The van der Waals surface area contributed by atoms with E-state index in [1.807, 2.05) is 12.1 Å². The van der Waals surface area contributed by atoms with Gasteiger partial charge >= 0.3 is 0 Å². The fraction of sp³-hybridized carbons (Fsp3) is 0.647. The maximum Gasteiger partial charge on any atom is 0.203 e. The molecule has 1 aromatic rings. The van der Waals surface area contributed by atoms with Gasteiger partial charge in [-0.15, -0.1) is 0 Å². The normalized spacial score (nSPS) is 16.8. The number of benzene rings is 1. The van der Waals surface area contributed by atoms with Gasteiger partial charge in [0.25, 0.3) is 0 Å². The van der Waals surface area contributed by atoms with Crippen molar-refractivity contribution in [1.82, 2.24) is 5.32 Å². The summed E-state index contributed by atoms with van der Waals surface area (Å²) in [6, 6.07) is 4.01. The van der Waals surface area contributed by atoms with Crippen LogP contribution in [0.25, 0.3) is 0 Å². The Morgan fingerprint density at radius 1 is 1.00 bits per heavy atom. The Bertz CT molecular complexity index is 442. The summed E-state index contributed by atoms with van der Waals surface area (Å²) in [6.45, 7) is 4.25. The molecule has 0 heterocycles. The molecule has 0 spiro atoms. The van der Waals surface area contributed by atoms with Crippen molar-refractivity contribution in [3.8, 4) is 17.2 Å². The SMILES string of the molecule is COc1cc(CNCC2(C)CCCC2)cc(OC)c1OC. The van der Waals surface area contributed by atoms with Gasteiger partial charge in [-0.25, -0.2) is 0 Å². The lowest BCUT2D eigenvalue weighted by molar-refractivity contribution is 0.312. The molecule has 2 rings (SSSR count). The van der Waals surface area contributed by atoms with Crippen LogP contribution in [0.3, 0.4) is 0 Å². The molecule has 4 nitrogen and oxygen atoms in total. The zero-order chi connectivity index (χ0) is 15.3. The van der Waals surface area contributed by atoms with Crippen LogP contribution < -0.4 is 19.5 Å². The smallest absolute Gasteiger partial charge is 0.203 e. The molecule has 0 amide bonds. The standard InChI is InChI=1S/C17H27NO3/c1-17(7-5-6-8-17)12-18-11-13-9-14(19-2)16(21-4)15(10-13)20-3/h9-10,18H,5-8,11-12H2,1-4H3. The number of methoxy groups -OCH3 is 3. The molecule has 0 bridgehead atoms. The van der Waals surface area contributed by atoms with Gasteiger partial charge in [-0.05, 0) is 36.0 Å². The van der Waals surface area contributed by atoms with Crippen LogP contribution in [0.5, 0.6) is 17.2 Å². The van der Waals surface area contributed by atoms with Gasteiger partial charge in [0.2, 0.25) is 5.75 Å². The average molecular weight is 293 g/mol. The third kappa shape index (κ3) is 3.82. The maximum atomic E-state index is 5.39. The van der Waals surface area contributed by atoms with Crippen molar-refractivity contribution >= 4 is 0 Å². The number of hydrogen-bond acceptors (Lipinski definition) is 4. The largest absolute Gasteiger partial charge is 0.493 e. The van der Waals surface area contributed by atoms with Crippen LogP contribution in [0.1, 0.15) is 38.2 Å². The summed E-state index contributed by atoms with van der Waals surface area (Å²) in [5, 5.41) is 3.57. The van der Waals surface area contributed by atoms with E-state index in [0.29, 0.717) is 22.7 Å². The van der Waals surface area contributed by atoms with E-state index >= 15 is 0 Å². The van der Waals surface area contributed by atoms with Gasteiger partial charge in [0.05, 0.1) is 21.3 Å². The van der Waals surface area contributed by atoms with Crippen molar-refractivity contribution in [3.63, 3.8) is 0 Å². The Hall–Kier alpha value is -1.42. The van der Waals surface area contributed by atoms with Crippen LogP contribution in [0.15, 0.2) is 12.1 Å². The minimum absolute atomic E-state index is 0.459. The number of hydrogen-bond donors (Lipinski definition) is 1. The van der Waals surface area contributed by atoms with Crippen LogP contribution >= 0.6 is 0 Å². The molecule has 1 N–H and O–H groups in total. The molecule has 21 heavy (non-hydrogen) atoms. The number of ether oxygens (including phenoxy) is 3. The Balaban J connectivity index is 2.02. The molecule has 4 heteroatoms. The van der Waals surface area contributed by atoms with Crippen molar-refractivity contribution in [3.05, 3.63) is 17.7 Å². The topological polar surface area (TPSA) is 39.7 Å². The zero-order valence-electron chi connectivity index (χ0n) is 13.6. The summed E-state index contributed by atoms with van der Waals surface area (Å²) in [5.41, 5.74) is 1.60. The third-order valence-corrected chi connectivity index (χ3v) is 4.42. The van der Waals surface area contributed by atoms with Crippen molar-refractivity contribution in [2.45, 2.75) is 39.2 Å². The zero-order valence-corrected chi connectivity index (χ0v) is 13.6. The van der Waals surface area contributed by atoms with Crippen molar-refractivity contribution in [1.29, 1.82) is 0 Å². The van der Waals surface area contributed by atoms with E-state index in [9.17, 15) is 0 Å². The van der Waals surface area contributed by atoms with Crippen molar-refractivity contribution in [2.75, 3.05) is 27.9 Å². The fourth-order valence-corrected chi connectivity index (χ4v) is 3.15. The van der Waals surface area contributed by atoms with E-state index in [0.717, 1.165) is 18.7 Å². The van der Waals surface area contributed by atoms with Gasteiger partial charge in [0.15, 0.2) is 11.5 Å². The van der Waals surface area contributed by atoms with Gasteiger partial charge in [-0.2, -0.15) is 0 Å². The van der Waals surface area contributed by atoms with E-state index in [1.165, 1.54) is 25.7 Å². The number of rotatable bonds is 7. The molecule has 0 aliphatic heterocycles. The first kappa shape index (κ1) is 16.0. The highest BCUT2D eigenvalue weighted by Crippen LogP contribution is 2.39. The molecule has 1 aliphatic rings. The van der Waals surface area contributed by atoms with Crippen LogP contribution in [-0.4, -0.2) is 27.9 Å². The minimum Gasteiger partial charge on any atom is -0.493 e. The average Bonchev–Trinajstić information content (AvgIpc) is 2.92. The van der Waals surface area contributed by atoms with Gasteiger partial charge < -0.3 is 19.5 Å². The Labute approximate surface area is 127 Å². The predicted molar refractivity (Wildman–Crippen MR) is 84.4 cm³/mol. The second kappa shape index (κ2) is 7.03. The molecule has 0 aromatic heterocycles. The van der Waals surface area contributed by atoms with Gasteiger partial charge in [-0.3, -0.25) is 0 Å². The lowest BCUT2D eigenvalue weighted by Crippen LogP contribution is -2.29. The molecule has 0 radical (unpaired) electrons. The van der Waals surface area contributed by atoms with E-state index in [2.05, 4.69) is 12.2 Å². The summed E-state index contributed by atoms with van der Waals surface area (Å²) in [5.74, 6) is 2.06. The van der Waals surface area contributed by atoms with E-state index in [4.69, 9.17) is 14.2 Å². The van der Waals surface area contributed by atoms with Gasteiger partial charge in [0.1, 0.15) is 0 Å². The lowest BCUT2D eigenvalue weighted by atomic mass is 9.89. The van der Waals surface area contributed by atoms with Crippen molar-refractivity contribution < 1.29 is 14.2 Å². The minimum atomic E-state index is 0.459. The maximum absolute atomic E-state index is 5.39. The molecule has 0 unspecified atom stereocenters. The molecule has 1 saturated carbocycles. The van der Waals surface area contributed by atoms with Crippen LogP contribution in [0, 0.1) is 5.41 Å². The monoisotopic (exact) mass is 293 g/mol. The molecule has 1 aliphatic carbocycles. The summed E-state index contributed by atoms with van der Waals surface area (Å²) >= 11 is 0. The second-order valence-electron chi connectivity index (χ2n) is 6.15. The molecule has 1 aromatic carbocycles. The predicted octanol–water partition coefficient (Wildman–Crippen LogP) is 3.38. The highest BCUT2D eigenvalue weighted by molar-refractivity contribution is 5.53. The van der Waals surface area contributed by atoms with Gasteiger partial charge in [0, 0.05) is 13.1 Å². The quantitative estimate of drug-likeness (QED) is 0.836. The Morgan fingerprint density at radius 3 is 2.05 bits per heavy atom. The van der Waals surface area contributed by atoms with Crippen LogP contribution in [-0.2, 0) is 6.54 Å². The molecular formula is C17H27NO3. The summed E-state index contributed by atoms with van der Waals surface area (Å²) in [4.78, 5) is 0. The fourth-order valence-electron chi connectivity index (χ4n) is 3.15. The molecule has 0 saturated heterocycles. The first-order chi connectivity index (χ1) is 10.1. The van der Waals surface area contributed by atoms with Crippen LogP contribution in [0.4, 0.5) is 0 Å². The molecule has 118 valence electrons. The molecule has 1 fully saturated rings. The Kier molecular flexibility index (Phi) is 5.34. The molecular weight excluding hydrogens is 266 g/mol.